The van der Waals surface area contributed by atoms with Crippen LogP contribution in [0.2, 0.25) is 0 Å². The van der Waals surface area contributed by atoms with Crippen LogP contribution in [0, 0.1) is 0 Å². The molecule has 0 fully saturated rings. The highest BCUT2D eigenvalue weighted by atomic mass is 35.5. The molecule has 2 atom stereocenters. The Morgan fingerprint density at radius 1 is 1.38 bits per heavy atom. The zero-order valence-electron chi connectivity index (χ0n) is 12.7. The summed E-state index contributed by atoms with van der Waals surface area (Å²) in [5.41, 5.74) is 2.91. The number of hydrogen-bond acceptors (Lipinski definition) is 3. The Morgan fingerprint density at radius 3 is 2.71 bits per heavy atom. The highest BCUT2D eigenvalue weighted by Gasteiger charge is 2.25. The first-order valence-electron chi connectivity index (χ1n) is 7.15. The summed E-state index contributed by atoms with van der Waals surface area (Å²) >= 11 is 6.35. The predicted molar refractivity (Wildman–Crippen MR) is 82.7 cm³/mol. The van der Waals surface area contributed by atoms with Crippen LogP contribution in [0.4, 0.5) is 0 Å². The van der Waals surface area contributed by atoms with Crippen molar-refractivity contribution in [1.82, 2.24) is 19.3 Å². The largest absolute Gasteiger partial charge is 0.467 e. The van der Waals surface area contributed by atoms with E-state index in [2.05, 4.69) is 23.5 Å². The summed E-state index contributed by atoms with van der Waals surface area (Å²) in [6.07, 6.45) is 2.53. The lowest BCUT2D eigenvalue weighted by atomic mass is 10.2. The third-order valence-electron chi connectivity index (χ3n) is 3.80. The molecule has 0 radical (unpaired) electrons. The minimum absolute atomic E-state index is 0.0151. The van der Waals surface area contributed by atoms with Gasteiger partial charge < -0.3 is 8.98 Å². The van der Waals surface area contributed by atoms with Gasteiger partial charge in [0.15, 0.2) is 5.65 Å². The first-order valence-corrected chi connectivity index (χ1v) is 7.59. The average molecular weight is 307 g/mol. The maximum Gasteiger partial charge on any atom is 0.159 e. The number of rotatable bonds is 4. The Morgan fingerprint density at radius 2 is 2.14 bits per heavy atom. The molecular weight excluding hydrogens is 288 g/mol. The fraction of sp³-hybridized carbons (Fsp3) is 0.467. The number of furan rings is 1. The minimum Gasteiger partial charge on any atom is -0.467 e. The lowest BCUT2D eigenvalue weighted by molar-refractivity contribution is 0.440. The third-order valence-corrected chi connectivity index (χ3v) is 3.99. The molecule has 0 saturated heterocycles. The van der Waals surface area contributed by atoms with Crippen LogP contribution in [0.5, 0.6) is 0 Å². The lowest BCUT2D eigenvalue weighted by Crippen LogP contribution is -2.13. The van der Waals surface area contributed by atoms with Gasteiger partial charge >= 0.3 is 0 Å². The summed E-state index contributed by atoms with van der Waals surface area (Å²) in [5, 5.41) is 4.37. The number of fused-ring (bicyclic) bond motifs is 1. The van der Waals surface area contributed by atoms with Crippen LogP contribution in [0.15, 0.2) is 22.8 Å². The molecule has 0 aromatic carbocycles. The van der Waals surface area contributed by atoms with Crippen LogP contribution < -0.4 is 0 Å². The highest BCUT2D eigenvalue weighted by Crippen LogP contribution is 2.32. The summed E-state index contributed by atoms with van der Waals surface area (Å²) in [7, 11) is 1.94. The van der Waals surface area contributed by atoms with Crippen LogP contribution in [0.1, 0.15) is 49.5 Å². The Balaban J connectivity index is 2.28. The number of hydrogen-bond donors (Lipinski definition) is 0. The summed E-state index contributed by atoms with van der Waals surface area (Å²) < 4.78 is 9.56. The van der Waals surface area contributed by atoms with Gasteiger partial charge in [-0.1, -0.05) is 6.92 Å². The Kier molecular flexibility index (Phi) is 3.53. The molecule has 3 rings (SSSR count). The quantitative estimate of drug-likeness (QED) is 0.688. The van der Waals surface area contributed by atoms with E-state index < -0.39 is 0 Å². The van der Waals surface area contributed by atoms with Gasteiger partial charge in [0.1, 0.15) is 17.1 Å². The van der Waals surface area contributed by atoms with E-state index in [0.717, 1.165) is 34.9 Å². The summed E-state index contributed by atoms with van der Waals surface area (Å²) in [4.78, 5) is 4.74. The van der Waals surface area contributed by atoms with Gasteiger partial charge in [-0.15, -0.1) is 11.6 Å². The molecule has 3 aromatic rings. The van der Waals surface area contributed by atoms with Gasteiger partial charge in [-0.3, -0.25) is 4.68 Å². The second-order valence-electron chi connectivity index (χ2n) is 5.24. The van der Waals surface area contributed by atoms with Crippen LogP contribution in [-0.4, -0.2) is 19.3 Å². The first kappa shape index (κ1) is 14.2. The number of halogens is 1. The zero-order chi connectivity index (χ0) is 15.1. The van der Waals surface area contributed by atoms with Gasteiger partial charge in [-0.25, -0.2) is 4.98 Å². The summed E-state index contributed by atoms with van der Waals surface area (Å²) in [6.45, 7) is 6.11. The maximum absolute atomic E-state index is 6.35. The number of imidazole rings is 1. The van der Waals surface area contributed by atoms with Crippen LogP contribution in [0.3, 0.4) is 0 Å². The first-order chi connectivity index (χ1) is 10.0. The third kappa shape index (κ3) is 2.16. The van der Waals surface area contributed by atoms with Crippen LogP contribution >= 0.6 is 11.6 Å². The molecule has 0 aliphatic heterocycles. The van der Waals surface area contributed by atoms with E-state index in [9.17, 15) is 0 Å². The number of aryl methyl sites for hydroxylation is 2. The molecule has 0 amide bonds. The van der Waals surface area contributed by atoms with E-state index in [0.29, 0.717) is 0 Å². The molecule has 0 N–H and O–H groups in total. The molecule has 3 heterocycles. The molecule has 3 aromatic heterocycles. The second-order valence-corrected chi connectivity index (χ2v) is 5.90. The van der Waals surface area contributed by atoms with E-state index in [-0.39, 0.29) is 11.4 Å². The number of alkyl halides is 1. The fourth-order valence-corrected chi connectivity index (χ4v) is 2.93. The topological polar surface area (TPSA) is 48.8 Å². The van der Waals surface area contributed by atoms with Crippen molar-refractivity contribution >= 4 is 22.8 Å². The minimum atomic E-state index is -0.181. The molecule has 0 aliphatic carbocycles. The molecule has 2 unspecified atom stereocenters. The van der Waals surface area contributed by atoms with Crippen molar-refractivity contribution in [2.24, 2.45) is 7.05 Å². The Hall–Kier alpha value is -1.75. The van der Waals surface area contributed by atoms with E-state index in [1.54, 1.807) is 6.26 Å². The number of aromatic nitrogens is 4. The highest BCUT2D eigenvalue weighted by molar-refractivity contribution is 6.20. The van der Waals surface area contributed by atoms with Crippen LogP contribution in [-0.2, 0) is 13.5 Å². The fourth-order valence-electron chi connectivity index (χ4n) is 2.78. The van der Waals surface area contributed by atoms with Crippen molar-refractivity contribution in [3.63, 3.8) is 0 Å². The molecule has 21 heavy (non-hydrogen) atoms. The molecule has 5 nitrogen and oxygen atoms in total. The SMILES string of the molecule is CCc1nn(C)c2c1nc(C(C)Cl)n2C(C)c1ccco1. The van der Waals surface area contributed by atoms with Crippen molar-refractivity contribution in [3.05, 3.63) is 35.7 Å². The lowest BCUT2D eigenvalue weighted by Gasteiger charge is -2.16. The molecule has 0 bridgehead atoms. The van der Waals surface area contributed by atoms with Crippen molar-refractivity contribution in [2.45, 2.75) is 38.6 Å². The molecule has 0 aliphatic rings. The van der Waals surface area contributed by atoms with E-state index in [1.807, 2.05) is 30.8 Å². The molecule has 112 valence electrons. The summed E-state index contributed by atoms with van der Waals surface area (Å²) in [5.74, 6) is 1.73. The monoisotopic (exact) mass is 306 g/mol. The van der Waals surface area contributed by atoms with Crippen molar-refractivity contribution in [3.8, 4) is 0 Å². The van der Waals surface area contributed by atoms with Gasteiger partial charge in [-0.2, -0.15) is 5.10 Å². The molecule has 6 heteroatoms. The van der Waals surface area contributed by atoms with E-state index >= 15 is 0 Å². The molecule has 0 saturated carbocycles. The van der Waals surface area contributed by atoms with Crippen molar-refractivity contribution in [2.75, 3.05) is 0 Å². The number of nitrogens with zero attached hydrogens (tertiary/aromatic N) is 4. The molecular formula is C15H19ClN4O. The van der Waals surface area contributed by atoms with Gasteiger partial charge in [-0.05, 0) is 32.4 Å². The van der Waals surface area contributed by atoms with Gasteiger partial charge in [0, 0.05) is 7.05 Å². The maximum atomic E-state index is 6.35. The standard InChI is InChI=1S/C15H19ClN4O/c1-5-11-13-15(19(4)18-11)20(14(17-13)9(2)16)10(3)12-7-6-8-21-12/h6-10H,5H2,1-4H3. The van der Waals surface area contributed by atoms with E-state index in [4.69, 9.17) is 21.0 Å². The van der Waals surface area contributed by atoms with Crippen molar-refractivity contribution < 1.29 is 4.42 Å². The van der Waals surface area contributed by atoms with Crippen molar-refractivity contribution in [1.29, 1.82) is 0 Å². The Labute approximate surface area is 128 Å². The zero-order valence-corrected chi connectivity index (χ0v) is 13.4. The molecule has 0 spiro atoms. The van der Waals surface area contributed by atoms with Gasteiger partial charge in [0.2, 0.25) is 0 Å². The smallest absolute Gasteiger partial charge is 0.159 e. The Bertz CT molecular complexity index is 754. The predicted octanol–water partition coefficient (Wildman–Crippen LogP) is 3.83. The van der Waals surface area contributed by atoms with Gasteiger partial charge in [0.25, 0.3) is 0 Å². The second kappa shape index (κ2) is 5.22. The van der Waals surface area contributed by atoms with E-state index in [1.165, 1.54) is 0 Å². The van der Waals surface area contributed by atoms with Crippen LogP contribution in [0.25, 0.3) is 11.2 Å². The average Bonchev–Trinajstić information content (AvgIpc) is 3.14. The normalized spacial score (nSPS) is 14.7. The summed E-state index contributed by atoms with van der Waals surface area (Å²) in [6, 6.07) is 3.88. The van der Waals surface area contributed by atoms with Gasteiger partial charge in [0.05, 0.1) is 23.4 Å².